The third-order valence-corrected chi connectivity index (χ3v) is 3.53. The monoisotopic (exact) mass is 266 g/mol. The number of methoxy groups -OCH3 is 1. The molecule has 2 saturated heterocycles. The lowest BCUT2D eigenvalue weighted by molar-refractivity contribution is -0.333. The molecule has 1 N–H and O–H groups in total. The SMILES string of the molecule is CO[C@@H]1O[C@@H]2CO[C@@H](c3ccccc3)O[C@H]2C[C@@H]1O. The molecule has 5 nitrogen and oxygen atoms in total. The third kappa shape index (κ3) is 2.66. The first-order valence-corrected chi connectivity index (χ1v) is 6.46. The molecule has 0 aromatic heterocycles. The first-order valence-electron chi connectivity index (χ1n) is 6.46. The van der Waals surface area contributed by atoms with E-state index < -0.39 is 18.7 Å². The van der Waals surface area contributed by atoms with Crippen molar-refractivity contribution in [3.05, 3.63) is 35.9 Å². The number of hydrogen-bond acceptors (Lipinski definition) is 5. The summed E-state index contributed by atoms with van der Waals surface area (Å²) in [6, 6.07) is 9.76. The molecule has 2 heterocycles. The van der Waals surface area contributed by atoms with Crippen LogP contribution in [0.2, 0.25) is 0 Å². The first-order chi connectivity index (χ1) is 9.28. The first kappa shape index (κ1) is 13.0. The molecule has 0 spiro atoms. The van der Waals surface area contributed by atoms with E-state index in [0.717, 1.165) is 5.56 Å². The van der Waals surface area contributed by atoms with Crippen LogP contribution in [0.5, 0.6) is 0 Å². The van der Waals surface area contributed by atoms with E-state index in [9.17, 15) is 5.11 Å². The van der Waals surface area contributed by atoms with Gasteiger partial charge in [-0.1, -0.05) is 30.3 Å². The van der Waals surface area contributed by atoms with Gasteiger partial charge in [0.05, 0.1) is 12.7 Å². The van der Waals surface area contributed by atoms with Crippen LogP contribution in [0.1, 0.15) is 18.3 Å². The van der Waals surface area contributed by atoms with Crippen molar-refractivity contribution >= 4 is 0 Å². The number of benzene rings is 1. The van der Waals surface area contributed by atoms with Crippen LogP contribution >= 0.6 is 0 Å². The molecule has 0 amide bonds. The van der Waals surface area contributed by atoms with Gasteiger partial charge in [0.1, 0.15) is 12.2 Å². The summed E-state index contributed by atoms with van der Waals surface area (Å²) < 4.78 is 22.2. The van der Waals surface area contributed by atoms with Crippen LogP contribution in [-0.4, -0.2) is 43.4 Å². The summed E-state index contributed by atoms with van der Waals surface area (Å²) in [6.07, 6.45) is -1.51. The van der Waals surface area contributed by atoms with Gasteiger partial charge in [-0.05, 0) is 0 Å². The number of fused-ring (bicyclic) bond motifs is 1. The standard InChI is InChI=1S/C14H18O5/c1-16-14-10(15)7-11-12(19-14)8-17-13(18-11)9-5-3-2-4-6-9/h2-6,10-15H,7-8H2,1H3/t10-,11-,12+,13+,14+/m0/s1. The van der Waals surface area contributed by atoms with Crippen LogP contribution in [0.3, 0.4) is 0 Å². The molecule has 5 atom stereocenters. The van der Waals surface area contributed by atoms with Crippen molar-refractivity contribution in [1.29, 1.82) is 0 Å². The fourth-order valence-corrected chi connectivity index (χ4v) is 2.52. The molecule has 0 unspecified atom stereocenters. The van der Waals surface area contributed by atoms with Crippen molar-refractivity contribution in [2.75, 3.05) is 13.7 Å². The van der Waals surface area contributed by atoms with Crippen molar-refractivity contribution < 1.29 is 24.1 Å². The molecule has 0 radical (unpaired) electrons. The Hall–Kier alpha value is -0.980. The normalized spacial score (nSPS) is 38.7. The van der Waals surface area contributed by atoms with Gasteiger partial charge >= 0.3 is 0 Å². The third-order valence-electron chi connectivity index (χ3n) is 3.53. The van der Waals surface area contributed by atoms with Crippen LogP contribution in [0.25, 0.3) is 0 Å². The zero-order valence-electron chi connectivity index (χ0n) is 10.8. The number of aliphatic hydroxyl groups is 1. The van der Waals surface area contributed by atoms with Crippen molar-refractivity contribution in [2.45, 2.75) is 37.3 Å². The van der Waals surface area contributed by atoms with Crippen molar-refractivity contribution in [3.8, 4) is 0 Å². The van der Waals surface area contributed by atoms with Gasteiger partial charge in [0.15, 0.2) is 12.6 Å². The summed E-state index contributed by atoms with van der Waals surface area (Å²) in [5.74, 6) is 0. The van der Waals surface area contributed by atoms with Crippen LogP contribution < -0.4 is 0 Å². The molecule has 0 aliphatic carbocycles. The zero-order valence-corrected chi connectivity index (χ0v) is 10.8. The van der Waals surface area contributed by atoms with Gasteiger partial charge in [0.2, 0.25) is 0 Å². The van der Waals surface area contributed by atoms with Gasteiger partial charge in [0, 0.05) is 19.1 Å². The van der Waals surface area contributed by atoms with Gasteiger partial charge in [0.25, 0.3) is 0 Å². The quantitative estimate of drug-likeness (QED) is 0.872. The van der Waals surface area contributed by atoms with E-state index in [0.29, 0.717) is 13.0 Å². The van der Waals surface area contributed by atoms with Gasteiger partial charge in [-0.15, -0.1) is 0 Å². The number of aliphatic hydroxyl groups excluding tert-OH is 1. The summed E-state index contributed by atoms with van der Waals surface area (Å²) >= 11 is 0. The maximum atomic E-state index is 9.89. The Labute approximate surface area is 112 Å². The Kier molecular flexibility index (Phi) is 3.81. The zero-order chi connectivity index (χ0) is 13.2. The molecule has 2 fully saturated rings. The molecule has 104 valence electrons. The highest BCUT2D eigenvalue weighted by atomic mass is 16.7. The Morgan fingerprint density at radius 3 is 2.68 bits per heavy atom. The summed E-state index contributed by atoms with van der Waals surface area (Å²) in [6.45, 7) is 0.441. The second-order valence-corrected chi connectivity index (χ2v) is 4.83. The highest BCUT2D eigenvalue weighted by Gasteiger charge is 2.42. The van der Waals surface area contributed by atoms with Crippen LogP contribution in [0.4, 0.5) is 0 Å². The molecule has 5 heteroatoms. The summed E-state index contributed by atoms with van der Waals surface area (Å²) in [5.41, 5.74) is 0.976. The molecular weight excluding hydrogens is 248 g/mol. The summed E-state index contributed by atoms with van der Waals surface area (Å²) in [5, 5.41) is 9.89. The van der Waals surface area contributed by atoms with Crippen LogP contribution in [-0.2, 0) is 18.9 Å². The topological polar surface area (TPSA) is 57.2 Å². The number of hydrogen-bond donors (Lipinski definition) is 1. The average Bonchev–Trinajstić information content (AvgIpc) is 2.47. The van der Waals surface area contributed by atoms with Crippen molar-refractivity contribution in [2.24, 2.45) is 0 Å². The Bertz CT molecular complexity index is 410. The Morgan fingerprint density at radius 1 is 1.16 bits per heavy atom. The van der Waals surface area contributed by atoms with Gasteiger partial charge in [-0.2, -0.15) is 0 Å². The molecule has 0 bridgehead atoms. The lowest BCUT2D eigenvalue weighted by atomic mass is 10.0. The molecule has 19 heavy (non-hydrogen) atoms. The molecule has 0 saturated carbocycles. The summed E-state index contributed by atoms with van der Waals surface area (Å²) in [7, 11) is 1.52. The van der Waals surface area contributed by atoms with E-state index in [-0.39, 0.29) is 12.2 Å². The molecule has 1 aromatic carbocycles. The maximum absolute atomic E-state index is 9.89. The Balaban J connectivity index is 1.68. The minimum atomic E-state index is -0.666. The van der Waals surface area contributed by atoms with Crippen LogP contribution in [0.15, 0.2) is 30.3 Å². The van der Waals surface area contributed by atoms with Gasteiger partial charge in [-0.3, -0.25) is 0 Å². The van der Waals surface area contributed by atoms with Crippen molar-refractivity contribution in [3.63, 3.8) is 0 Å². The largest absolute Gasteiger partial charge is 0.388 e. The lowest BCUT2D eigenvalue weighted by Crippen LogP contribution is -2.53. The maximum Gasteiger partial charge on any atom is 0.184 e. The summed E-state index contributed by atoms with van der Waals surface area (Å²) in [4.78, 5) is 0. The molecule has 2 aliphatic heterocycles. The van der Waals surface area contributed by atoms with E-state index in [4.69, 9.17) is 18.9 Å². The van der Waals surface area contributed by atoms with E-state index in [1.54, 1.807) is 0 Å². The second kappa shape index (κ2) is 5.56. The highest BCUT2D eigenvalue weighted by Crippen LogP contribution is 2.33. The fourth-order valence-electron chi connectivity index (χ4n) is 2.52. The highest BCUT2D eigenvalue weighted by molar-refractivity contribution is 5.16. The minimum absolute atomic E-state index is 0.166. The van der Waals surface area contributed by atoms with E-state index in [2.05, 4.69) is 0 Å². The number of rotatable bonds is 2. The Morgan fingerprint density at radius 2 is 1.95 bits per heavy atom. The van der Waals surface area contributed by atoms with Crippen LogP contribution in [0, 0.1) is 0 Å². The molecule has 3 rings (SSSR count). The van der Waals surface area contributed by atoms with E-state index in [1.165, 1.54) is 7.11 Å². The van der Waals surface area contributed by atoms with Gasteiger partial charge in [-0.25, -0.2) is 0 Å². The predicted molar refractivity (Wildman–Crippen MR) is 66.3 cm³/mol. The predicted octanol–water partition coefficient (Wildman–Crippen LogP) is 1.22. The second-order valence-electron chi connectivity index (χ2n) is 4.83. The molecule has 1 aromatic rings. The van der Waals surface area contributed by atoms with Gasteiger partial charge < -0.3 is 24.1 Å². The smallest absolute Gasteiger partial charge is 0.184 e. The lowest BCUT2D eigenvalue weighted by Gasteiger charge is -2.43. The average molecular weight is 266 g/mol. The van der Waals surface area contributed by atoms with Crippen molar-refractivity contribution in [1.82, 2.24) is 0 Å². The van der Waals surface area contributed by atoms with E-state index >= 15 is 0 Å². The number of ether oxygens (including phenoxy) is 4. The molecule has 2 aliphatic rings. The molecular formula is C14H18O5. The van der Waals surface area contributed by atoms with E-state index in [1.807, 2.05) is 30.3 Å². The minimum Gasteiger partial charge on any atom is -0.388 e. The fraction of sp³-hybridized carbons (Fsp3) is 0.571.